The van der Waals surface area contributed by atoms with Crippen molar-refractivity contribution in [2.24, 2.45) is 11.8 Å². The predicted molar refractivity (Wildman–Crippen MR) is 121 cm³/mol. The minimum Gasteiger partial charge on any atom is -0.508 e. The molecule has 0 bridgehead atoms. The summed E-state index contributed by atoms with van der Waals surface area (Å²) in [5.41, 5.74) is -0.870. The summed E-state index contributed by atoms with van der Waals surface area (Å²) in [4.78, 5) is 50.7. The van der Waals surface area contributed by atoms with E-state index in [1.807, 2.05) is 13.8 Å². The van der Waals surface area contributed by atoms with Gasteiger partial charge < -0.3 is 20.1 Å². The van der Waals surface area contributed by atoms with Crippen molar-refractivity contribution in [3.8, 4) is 5.75 Å². The summed E-state index contributed by atoms with van der Waals surface area (Å²) >= 11 is 0. The van der Waals surface area contributed by atoms with Gasteiger partial charge in [-0.3, -0.25) is 14.4 Å². The van der Waals surface area contributed by atoms with Crippen molar-refractivity contribution in [1.82, 2.24) is 0 Å². The molecule has 1 aromatic carbocycles. The van der Waals surface area contributed by atoms with E-state index in [4.69, 9.17) is 4.74 Å². The van der Waals surface area contributed by atoms with E-state index in [9.17, 15) is 34.5 Å². The molecule has 3 N–H and O–H groups in total. The molecular formula is C26H28O8. The van der Waals surface area contributed by atoms with Crippen LogP contribution in [0.4, 0.5) is 0 Å². The van der Waals surface area contributed by atoms with Crippen molar-refractivity contribution in [1.29, 1.82) is 0 Å². The Morgan fingerprint density at radius 2 is 1.82 bits per heavy atom. The first-order valence-electron chi connectivity index (χ1n) is 11.3. The molecule has 0 aliphatic heterocycles. The number of carbonyl (C=O) groups is 4. The zero-order valence-electron chi connectivity index (χ0n) is 19.8. The Labute approximate surface area is 196 Å². The number of esters is 1. The maximum atomic E-state index is 13.8. The molecule has 3 atom stereocenters. The zero-order valence-corrected chi connectivity index (χ0v) is 19.8. The first-order chi connectivity index (χ1) is 15.9. The number of ether oxygens (including phenoxy) is 1. The highest BCUT2D eigenvalue weighted by Crippen LogP contribution is 2.53. The molecule has 0 amide bonds. The summed E-state index contributed by atoms with van der Waals surface area (Å²) in [5, 5.41) is 33.4. The number of hydrogen-bond donors (Lipinski definition) is 3. The summed E-state index contributed by atoms with van der Waals surface area (Å²) < 4.78 is 4.79. The van der Waals surface area contributed by atoms with Gasteiger partial charge in [-0.05, 0) is 61.3 Å². The van der Waals surface area contributed by atoms with Crippen molar-refractivity contribution in [2.45, 2.75) is 58.5 Å². The first-order valence-corrected chi connectivity index (χ1v) is 11.3. The number of ketones is 3. The first kappa shape index (κ1) is 23.9. The molecule has 3 aliphatic carbocycles. The molecule has 1 aromatic rings. The molecule has 180 valence electrons. The molecular weight excluding hydrogens is 440 g/mol. The number of hydrogen-bond acceptors (Lipinski definition) is 8. The van der Waals surface area contributed by atoms with Crippen LogP contribution in [0.2, 0.25) is 0 Å². The maximum Gasteiger partial charge on any atom is 0.341 e. The lowest BCUT2D eigenvalue weighted by Crippen LogP contribution is -2.52. The predicted octanol–water partition coefficient (Wildman–Crippen LogP) is 3.10. The van der Waals surface area contributed by atoms with Gasteiger partial charge in [-0.25, -0.2) is 4.79 Å². The second-order valence-electron chi connectivity index (χ2n) is 9.74. The number of Topliss-reactive ketones (excluding diaryl/α,β-unsaturated/α-hetero) is 3. The van der Waals surface area contributed by atoms with Gasteiger partial charge in [0.1, 0.15) is 28.2 Å². The molecule has 0 spiro atoms. The number of allylic oxidation sites excluding steroid dienone is 2. The van der Waals surface area contributed by atoms with E-state index in [1.54, 1.807) is 6.07 Å². The van der Waals surface area contributed by atoms with Crippen LogP contribution in [0.15, 0.2) is 28.5 Å². The van der Waals surface area contributed by atoms with Gasteiger partial charge in [-0.1, -0.05) is 13.8 Å². The van der Waals surface area contributed by atoms with Gasteiger partial charge in [0.2, 0.25) is 0 Å². The van der Waals surface area contributed by atoms with Gasteiger partial charge >= 0.3 is 5.97 Å². The molecule has 0 radical (unpaired) electrons. The van der Waals surface area contributed by atoms with Gasteiger partial charge in [-0.2, -0.15) is 0 Å². The van der Waals surface area contributed by atoms with E-state index in [-0.39, 0.29) is 47.0 Å². The molecule has 0 heterocycles. The SMILES string of the molecule is COC(=O)c1cc(C(C)C)c2c(c1O)C(=O)C1=C(C)[C@@]3(O)C(O)=C(C(C)=O)C(=O)C[C@H]3C[C@H]1C2. The monoisotopic (exact) mass is 468 g/mol. The second kappa shape index (κ2) is 7.91. The highest BCUT2D eigenvalue weighted by molar-refractivity contribution is 6.21. The van der Waals surface area contributed by atoms with Crippen LogP contribution in [0, 0.1) is 11.8 Å². The fourth-order valence-electron chi connectivity index (χ4n) is 5.96. The minimum absolute atomic E-state index is 0.0126. The van der Waals surface area contributed by atoms with Crippen LogP contribution in [0.25, 0.3) is 0 Å². The van der Waals surface area contributed by atoms with E-state index in [1.165, 1.54) is 14.0 Å². The molecule has 0 aromatic heterocycles. The van der Waals surface area contributed by atoms with Crippen LogP contribution in [-0.2, 0) is 20.7 Å². The van der Waals surface area contributed by atoms with Gasteiger partial charge in [0.15, 0.2) is 17.3 Å². The lowest BCUT2D eigenvalue weighted by Gasteiger charge is -2.48. The summed E-state index contributed by atoms with van der Waals surface area (Å²) in [6, 6.07) is 1.55. The number of rotatable bonds is 3. The lowest BCUT2D eigenvalue weighted by atomic mass is 9.58. The number of aliphatic hydroxyl groups excluding tert-OH is 1. The van der Waals surface area contributed by atoms with E-state index < -0.39 is 51.9 Å². The van der Waals surface area contributed by atoms with Gasteiger partial charge in [0, 0.05) is 17.9 Å². The molecule has 0 saturated carbocycles. The Hall–Kier alpha value is -3.26. The molecule has 34 heavy (non-hydrogen) atoms. The number of fused-ring (bicyclic) bond motifs is 3. The smallest absolute Gasteiger partial charge is 0.341 e. The van der Waals surface area contributed by atoms with E-state index in [2.05, 4.69) is 0 Å². The minimum atomic E-state index is -2.04. The Kier molecular flexibility index (Phi) is 5.55. The fraction of sp³-hybridized carbons (Fsp3) is 0.462. The van der Waals surface area contributed by atoms with Crippen molar-refractivity contribution in [2.75, 3.05) is 7.11 Å². The Morgan fingerprint density at radius 3 is 2.38 bits per heavy atom. The quantitative estimate of drug-likeness (QED) is 0.454. The number of aliphatic hydroxyl groups is 2. The van der Waals surface area contributed by atoms with Crippen LogP contribution < -0.4 is 0 Å². The van der Waals surface area contributed by atoms with Crippen molar-refractivity contribution < 1.29 is 39.2 Å². The second-order valence-corrected chi connectivity index (χ2v) is 9.74. The average molecular weight is 469 g/mol. The van der Waals surface area contributed by atoms with Gasteiger partial charge in [0.05, 0.1) is 12.7 Å². The number of aromatic hydroxyl groups is 1. The number of methoxy groups -OCH3 is 1. The van der Waals surface area contributed by atoms with Crippen LogP contribution in [0.3, 0.4) is 0 Å². The third-order valence-corrected chi connectivity index (χ3v) is 7.60. The summed E-state index contributed by atoms with van der Waals surface area (Å²) in [6.07, 6.45) is 0.481. The zero-order chi connectivity index (χ0) is 25.3. The number of phenols is 1. The van der Waals surface area contributed by atoms with E-state index in [0.717, 1.165) is 12.5 Å². The summed E-state index contributed by atoms with van der Waals surface area (Å²) in [6.45, 7) is 6.48. The Balaban J connectivity index is 1.99. The topological polar surface area (TPSA) is 138 Å². The third kappa shape index (κ3) is 3.08. The fourth-order valence-corrected chi connectivity index (χ4v) is 5.96. The van der Waals surface area contributed by atoms with Crippen molar-refractivity contribution >= 4 is 23.3 Å². The van der Waals surface area contributed by atoms with Crippen LogP contribution >= 0.6 is 0 Å². The highest BCUT2D eigenvalue weighted by atomic mass is 16.5. The summed E-state index contributed by atoms with van der Waals surface area (Å²) in [5.74, 6) is -4.82. The number of benzene rings is 1. The van der Waals surface area contributed by atoms with E-state index in [0.29, 0.717) is 12.0 Å². The number of carbonyl (C=O) groups excluding carboxylic acids is 4. The van der Waals surface area contributed by atoms with Crippen molar-refractivity contribution in [3.05, 3.63) is 50.8 Å². The largest absolute Gasteiger partial charge is 0.508 e. The van der Waals surface area contributed by atoms with Crippen LogP contribution in [-0.4, -0.2) is 51.3 Å². The molecule has 8 nitrogen and oxygen atoms in total. The van der Waals surface area contributed by atoms with Gasteiger partial charge in [0.25, 0.3) is 0 Å². The van der Waals surface area contributed by atoms with Gasteiger partial charge in [-0.15, -0.1) is 0 Å². The molecule has 0 unspecified atom stereocenters. The highest BCUT2D eigenvalue weighted by Gasteiger charge is 2.56. The van der Waals surface area contributed by atoms with Crippen LogP contribution in [0.5, 0.6) is 5.75 Å². The average Bonchev–Trinajstić information content (AvgIpc) is 2.75. The molecule has 8 heteroatoms. The molecule has 4 rings (SSSR count). The van der Waals surface area contributed by atoms with E-state index >= 15 is 0 Å². The molecule has 0 saturated heterocycles. The normalized spacial score (nSPS) is 26.3. The van der Waals surface area contributed by atoms with Crippen LogP contribution in [0.1, 0.15) is 78.3 Å². The van der Waals surface area contributed by atoms with Crippen molar-refractivity contribution in [3.63, 3.8) is 0 Å². The number of phenolic OH excluding ortho intramolecular Hbond substituents is 1. The molecule has 3 aliphatic rings. The maximum absolute atomic E-state index is 13.8. The summed E-state index contributed by atoms with van der Waals surface area (Å²) in [7, 11) is 1.18. The Morgan fingerprint density at radius 1 is 1.18 bits per heavy atom. The molecule has 0 fully saturated rings. The lowest BCUT2D eigenvalue weighted by molar-refractivity contribution is -0.126. The Bertz CT molecular complexity index is 1230. The third-order valence-electron chi connectivity index (χ3n) is 7.60. The standard InChI is InChI=1S/C26H28O8/c1-10(2)15-9-17(25(32)34-5)22(29)21-16(15)7-13-6-14-8-18(28)20(12(4)27)24(31)26(14,33)11(3)19(13)23(21)30/h9-10,13-14,29,31,33H,6-8H2,1-5H3/t13-,14+,26-/m0/s1.